The number of pyridine rings is 2. The molecule has 0 saturated heterocycles. The maximum Gasteiger partial charge on any atom is 0.137 e. The molecule has 2 aromatic heterocycles. The molecule has 6 heteroatoms. The van der Waals surface area contributed by atoms with Gasteiger partial charge in [0.05, 0.1) is 5.52 Å². The van der Waals surface area contributed by atoms with Gasteiger partial charge in [-0.05, 0) is 93.8 Å². The van der Waals surface area contributed by atoms with Gasteiger partial charge in [0, 0.05) is 60.0 Å². The van der Waals surface area contributed by atoms with E-state index in [2.05, 4.69) is 66.7 Å². The molecule has 1 aliphatic rings. The maximum atomic E-state index is 14.5. The van der Waals surface area contributed by atoms with Crippen molar-refractivity contribution in [3.63, 3.8) is 0 Å². The van der Waals surface area contributed by atoms with Gasteiger partial charge >= 0.3 is 0 Å². The monoisotopic (exact) mass is 567 g/mol. The lowest BCUT2D eigenvalue weighted by Gasteiger charge is -2.30. The van der Waals surface area contributed by atoms with Crippen LogP contribution >= 0.6 is 0 Å². The number of hydrogen-bond donors (Lipinski definition) is 2. The van der Waals surface area contributed by atoms with Gasteiger partial charge < -0.3 is 16.0 Å². The largest absolute Gasteiger partial charge is 0.329 e. The van der Waals surface area contributed by atoms with Crippen LogP contribution in [0.1, 0.15) is 78.4 Å². The second kappa shape index (κ2) is 13.1. The van der Waals surface area contributed by atoms with Crippen molar-refractivity contribution in [1.82, 2.24) is 15.3 Å². The number of likely N-dealkylation sites (N-methyl/N-ethyl adjacent to an activating group) is 1. The molecule has 0 bridgehead atoms. The minimum Gasteiger partial charge on any atom is -0.329 e. The van der Waals surface area contributed by atoms with Crippen LogP contribution in [0.5, 0.6) is 0 Å². The Bertz CT molecular complexity index is 1550. The van der Waals surface area contributed by atoms with Gasteiger partial charge in [-0.3, -0.25) is 4.98 Å². The van der Waals surface area contributed by atoms with Crippen LogP contribution in [0, 0.1) is 20.8 Å². The molecule has 2 aromatic carbocycles. The van der Waals surface area contributed by atoms with E-state index >= 15 is 0 Å². The molecule has 42 heavy (non-hydrogen) atoms. The van der Waals surface area contributed by atoms with Crippen LogP contribution in [0.4, 0.5) is 10.2 Å². The first-order valence-electron chi connectivity index (χ1n) is 15.1. The van der Waals surface area contributed by atoms with Crippen LogP contribution in [0.2, 0.25) is 0 Å². The summed E-state index contributed by atoms with van der Waals surface area (Å²) in [7, 11) is 1.97. The summed E-state index contributed by atoms with van der Waals surface area (Å²) in [5.74, 6) is 1.03. The Morgan fingerprint density at radius 1 is 1.00 bits per heavy atom. The summed E-state index contributed by atoms with van der Waals surface area (Å²) in [4.78, 5) is 12.1. The Morgan fingerprint density at radius 3 is 2.24 bits per heavy atom. The van der Waals surface area contributed by atoms with E-state index in [4.69, 9.17) is 15.7 Å². The summed E-state index contributed by atoms with van der Waals surface area (Å²) in [6.45, 7) is 14.8. The van der Waals surface area contributed by atoms with E-state index in [1.165, 1.54) is 22.3 Å². The van der Waals surface area contributed by atoms with Crippen molar-refractivity contribution in [3.8, 4) is 0 Å². The number of fused-ring (bicyclic) bond motifs is 1. The maximum absolute atomic E-state index is 14.5. The van der Waals surface area contributed by atoms with Crippen molar-refractivity contribution >= 4 is 16.7 Å². The lowest BCUT2D eigenvalue weighted by atomic mass is 9.83. The lowest BCUT2D eigenvalue weighted by Crippen LogP contribution is -2.39. The Morgan fingerprint density at radius 2 is 1.69 bits per heavy atom. The highest BCUT2D eigenvalue weighted by molar-refractivity contribution is 5.87. The number of benzene rings is 2. The first-order valence-corrected chi connectivity index (χ1v) is 15.1. The minimum absolute atomic E-state index is 0.0462. The third kappa shape index (κ3) is 6.40. The third-order valence-electron chi connectivity index (χ3n) is 8.24. The highest BCUT2D eigenvalue weighted by Gasteiger charge is 2.27. The number of nitrogens with zero attached hydrogens (tertiary/aromatic N) is 3. The minimum atomic E-state index is -1.36. The fraction of sp³-hybridized carbons (Fsp3) is 0.389. The number of alkyl halides is 1. The highest BCUT2D eigenvalue weighted by atomic mass is 19.1. The zero-order valence-electron chi connectivity index (χ0n) is 26.4. The van der Waals surface area contributed by atoms with Gasteiger partial charge in [-0.25, -0.2) is 9.37 Å². The molecule has 0 aliphatic carbocycles. The van der Waals surface area contributed by atoms with Gasteiger partial charge in [0.1, 0.15) is 11.5 Å². The van der Waals surface area contributed by atoms with Gasteiger partial charge in [-0.15, -0.1) is 0 Å². The highest BCUT2D eigenvalue weighted by Crippen LogP contribution is 2.36. The normalized spacial score (nSPS) is 14.3. The third-order valence-corrected chi connectivity index (χ3v) is 8.24. The number of hydrogen-bond acceptors (Lipinski definition) is 5. The molecule has 2 atom stereocenters. The molecule has 5 rings (SSSR count). The van der Waals surface area contributed by atoms with E-state index in [-0.39, 0.29) is 12.0 Å². The second-order valence-corrected chi connectivity index (χ2v) is 11.4. The van der Waals surface area contributed by atoms with Crippen LogP contribution in [-0.4, -0.2) is 36.1 Å². The van der Waals surface area contributed by atoms with Crippen LogP contribution in [0.3, 0.4) is 0 Å². The summed E-state index contributed by atoms with van der Waals surface area (Å²) in [5.41, 5.74) is 14.5. The molecule has 0 fully saturated rings. The van der Waals surface area contributed by atoms with Crippen LogP contribution in [-0.2, 0) is 12.1 Å². The van der Waals surface area contributed by atoms with Gasteiger partial charge in [-0.2, -0.15) is 0 Å². The summed E-state index contributed by atoms with van der Waals surface area (Å²) < 4.78 is 14.5. The topological polar surface area (TPSA) is 67.1 Å². The van der Waals surface area contributed by atoms with Gasteiger partial charge in [0.25, 0.3) is 0 Å². The molecule has 2 unspecified atom stereocenters. The predicted octanol–water partition coefficient (Wildman–Crippen LogP) is 7.39. The summed E-state index contributed by atoms with van der Waals surface area (Å²) in [6.07, 6.45) is 4.94. The van der Waals surface area contributed by atoms with Gasteiger partial charge in [-0.1, -0.05) is 50.2 Å². The number of halogens is 1. The number of aromatic nitrogens is 2. The Kier molecular flexibility index (Phi) is 9.80. The first-order chi connectivity index (χ1) is 20.1. The average Bonchev–Trinajstić information content (AvgIpc) is 2.94. The fourth-order valence-electron chi connectivity index (χ4n) is 5.77. The van der Waals surface area contributed by atoms with E-state index in [9.17, 15) is 4.39 Å². The number of nitrogens with two attached hydrogens (primary N) is 1. The van der Waals surface area contributed by atoms with Crippen molar-refractivity contribution < 1.29 is 4.39 Å². The van der Waals surface area contributed by atoms with Gasteiger partial charge in [0.15, 0.2) is 0 Å². The van der Waals surface area contributed by atoms with Crippen LogP contribution in [0.25, 0.3) is 10.9 Å². The second-order valence-electron chi connectivity index (χ2n) is 11.4. The van der Waals surface area contributed by atoms with Crippen LogP contribution < -0.4 is 16.0 Å². The Labute approximate surface area is 251 Å². The molecule has 0 spiro atoms. The Hall–Kier alpha value is -3.61. The molecular formula is C36H46FN5. The van der Waals surface area contributed by atoms with E-state index in [1.807, 2.05) is 52.1 Å². The van der Waals surface area contributed by atoms with Gasteiger partial charge in [0.2, 0.25) is 0 Å². The van der Waals surface area contributed by atoms with E-state index in [1.54, 1.807) is 13.8 Å². The Balaban J connectivity index is 0.00000198. The van der Waals surface area contributed by atoms with Crippen molar-refractivity contribution in [3.05, 3.63) is 112 Å². The predicted molar refractivity (Wildman–Crippen MR) is 175 cm³/mol. The lowest BCUT2D eigenvalue weighted by molar-refractivity contribution is 0.221. The van der Waals surface area contributed by atoms with E-state index in [0.29, 0.717) is 12.1 Å². The number of nitrogens with one attached hydrogen (secondary N) is 1. The molecule has 0 saturated carbocycles. The summed E-state index contributed by atoms with van der Waals surface area (Å²) in [5, 5.41) is 4.58. The molecule has 1 aliphatic heterocycles. The molecule has 3 heterocycles. The molecule has 222 valence electrons. The van der Waals surface area contributed by atoms with Crippen molar-refractivity contribution in [2.24, 2.45) is 5.73 Å². The van der Waals surface area contributed by atoms with Crippen molar-refractivity contribution in [1.29, 1.82) is 0 Å². The SMILES string of the molecule is CC.CNC(CN)C(c1ccc2nc(N3C=CC3)c(Cc3ccc(C(C)(C)F)cc3)c(C)c2c1)c1ccc(C)nc1C. The quantitative estimate of drug-likeness (QED) is 0.221. The molecule has 0 radical (unpaired) electrons. The molecular weight excluding hydrogens is 521 g/mol. The smallest absolute Gasteiger partial charge is 0.137 e. The van der Waals surface area contributed by atoms with E-state index in [0.717, 1.165) is 46.6 Å². The summed E-state index contributed by atoms with van der Waals surface area (Å²) in [6, 6.07) is 18.8. The zero-order chi connectivity index (χ0) is 30.6. The van der Waals surface area contributed by atoms with Crippen molar-refractivity contribution in [2.75, 3.05) is 25.0 Å². The van der Waals surface area contributed by atoms with Crippen molar-refractivity contribution in [2.45, 2.75) is 72.5 Å². The average molecular weight is 568 g/mol. The zero-order valence-corrected chi connectivity index (χ0v) is 26.4. The number of anilines is 1. The van der Waals surface area contributed by atoms with E-state index < -0.39 is 5.67 Å². The molecule has 0 amide bonds. The summed E-state index contributed by atoms with van der Waals surface area (Å²) >= 11 is 0. The molecule has 5 nitrogen and oxygen atoms in total. The molecule has 4 aromatic rings. The fourth-order valence-corrected chi connectivity index (χ4v) is 5.77. The molecule has 3 N–H and O–H groups in total. The standard InChI is InChI=1S/C34H40FN5.C2H6/c1-21-8-14-27(23(3)38-21)32(31(20-36)37-6)25-11-15-30-28(19-25)22(2)29(33(39-30)40-16-7-17-40)18-24-9-12-26(13-10-24)34(4,5)35;1-2/h7-16,19,31-32,37H,17-18,20,36H2,1-6H3;1-2H3. The first kappa shape index (κ1) is 31.3. The number of rotatable bonds is 9. The van der Waals surface area contributed by atoms with Crippen LogP contribution in [0.15, 0.2) is 66.9 Å². The number of aryl methyl sites for hydroxylation is 3.